The highest BCUT2D eigenvalue weighted by Crippen LogP contribution is 2.31. The van der Waals surface area contributed by atoms with Gasteiger partial charge in [0.15, 0.2) is 5.16 Å². The number of amides is 2. The Hall–Kier alpha value is -2.55. The molecule has 4 rings (SSSR count). The van der Waals surface area contributed by atoms with E-state index in [1.54, 1.807) is 13.4 Å². The van der Waals surface area contributed by atoms with Crippen LogP contribution in [0.15, 0.2) is 35.7 Å². The molecule has 28 heavy (non-hydrogen) atoms. The quantitative estimate of drug-likeness (QED) is 0.682. The highest BCUT2D eigenvalue weighted by Gasteiger charge is 2.35. The van der Waals surface area contributed by atoms with Gasteiger partial charge >= 0.3 is 0 Å². The largest absolute Gasteiger partial charge is 0.495 e. The number of ether oxygens (including phenoxy) is 1. The van der Waals surface area contributed by atoms with Crippen molar-refractivity contribution in [2.75, 3.05) is 39.0 Å². The average molecular weight is 401 g/mol. The van der Waals surface area contributed by atoms with Crippen LogP contribution < -0.4 is 4.74 Å². The van der Waals surface area contributed by atoms with E-state index >= 15 is 0 Å². The predicted octanol–water partition coefficient (Wildman–Crippen LogP) is 1.45. The lowest BCUT2D eigenvalue weighted by Crippen LogP contribution is -2.51. The van der Waals surface area contributed by atoms with Crippen LogP contribution in [-0.4, -0.2) is 75.4 Å². The van der Waals surface area contributed by atoms with Gasteiger partial charge < -0.3 is 14.5 Å². The van der Waals surface area contributed by atoms with Gasteiger partial charge in [-0.1, -0.05) is 23.9 Å². The molecule has 0 atom stereocenters. The van der Waals surface area contributed by atoms with E-state index in [0.29, 0.717) is 37.1 Å². The Morgan fingerprint density at radius 2 is 1.86 bits per heavy atom. The Morgan fingerprint density at radius 3 is 2.57 bits per heavy atom. The van der Waals surface area contributed by atoms with Gasteiger partial charge in [-0.3, -0.25) is 14.2 Å². The van der Waals surface area contributed by atoms with Crippen molar-refractivity contribution in [3.05, 3.63) is 30.6 Å². The number of aromatic nitrogens is 3. The molecule has 1 saturated carbocycles. The summed E-state index contributed by atoms with van der Waals surface area (Å²) in [6.07, 6.45) is 3.65. The maximum atomic E-state index is 12.6. The molecule has 0 N–H and O–H groups in total. The third-order valence-corrected chi connectivity index (χ3v) is 5.98. The molecule has 1 saturated heterocycles. The first-order chi connectivity index (χ1) is 13.7. The first-order valence-electron chi connectivity index (χ1n) is 9.40. The monoisotopic (exact) mass is 401 g/mol. The van der Waals surface area contributed by atoms with Crippen molar-refractivity contribution in [3.8, 4) is 11.4 Å². The van der Waals surface area contributed by atoms with E-state index < -0.39 is 0 Å². The number of thioether (sulfide) groups is 1. The zero-order valence-corrected chi connectivity index (χ0v) is 16.6. The minimum absolute atomic E-state index is 0.0538. The van der Waals surface area contributed by atoms with Gasteiger partial charge in [0.2, 0.25) is 11.8 Å². The molecular formula is C19H23N5O3S. The van der Waals surface area contributed by atoms with Gasteiger partial charge in [-0.15, -0.1) is 10.2 Å². The number of methoxy groups -OCH3 is 1. The number of rotatable bonds is 6. The molecule has 0 unspecified atom stereocenters. The van der Waals surface area contributed by atoms with Crippen molar-refractivity contribution in [2.45, 2.75) is 18.0 Å². The molecule has 0 bridgehead atoms. The molecule has 9 heteroatoms. The number of carbonyl (C=O) groups is 2. The molecule has 0 radical (unpaired) electrons. The van der Waals surface area contributed by atoms with Crippen LogP contribution in [0.1, 0.15) is 12.8 Å². The van der Waals surface area contributed by atoms with E-state index in [2.05, 4.69) is 10.2 Å². The summed E-state index contributed by atoms with van der Waals surface area (Å²) in [5.74, 6) is 1.54. The van der Waals surface area contributed by atoms with Crippen molar-refractivity contribution >= 4 is 23.6 Å². The van der Waals surface area contributed by atoms with E-state index in [1.165, 1.54) is 11.8 Å². The Balaban J connectivity index is 1.34. The Bertz CT molecular complexity index is 859. The van der Waals surface area contributed by atoms with E-state index in [1.807, 2.05) is 38.6 Å². The maximum Gasteiger partial charge on any atom is 0.233 e. The Morgan fingerprint density at radius 1 is 1.14 bits per heavy atom. The number of carbonyl (C=O) groups excluding carboxylic acids is 2. The topological polar surface area (TPSA) is 80.6 Å². The fraction of sp³-hybridized carbons (Fsp3) is 0.474. The van der Waals surface area contributed by atoms with E-state index in [-0.39, 0.29) is 23.5 Å². The molecule has 148 valence electrons. The van der Waals surface area contributed by atoms with Gasteiger partial charge in [-0.05, 0) is 25.0 Å². The molecule has 1 aromatic heterocycles. The number of benzene rings is 1. The van der Waals surface area contributed by atoms with Crippen LogP contribution in [0.5, 0.6) is 5.75 Å². The number of para-hydroxylation sites is 2. The fourth-order valence-corrected chi connectivity index (χ4v) is 4.12. The number of nitrogens with zero attached hydrogens (tertiary/aromatic N) is 5. The molecule has 2 fully saturated rings. The normalized spacial score (nSPS) is 16.9. The first kappa shape index (κ1) is 18.8. The van der Waals surface area contributed by atoms with Gasteiger partial charge in [-0.25, -0.2) is 0 Å². The van der Waals surface area contributed by atoms with Crippen molar-refractivity contribution in [1.29, 1.82) is 0 Å². The first-order valence-corrected chi connectivity index (χ1v) is 10.4. The van der Waals surface area contributed by atoms with Crippen LogP contribution in [0.4, 0.5) is 0 Å². The van der Waals surface area contributed by atoms with Gasteiger partial charge in [0.25, 0.3) is 0 Å². The summed E-state index contributed by atoms with van der Waals surface area (Å²) >= 11 is 1.35. The standard InChI is InChI=1S/C19H23N5O3S/c1-27-16-5-3-2-4-15(16)24-13-20-21-19(24)28-12-17(25)22-8-10-23(11-9-22)18(26)14-6-7-14/h2-5,13-14H,6-12H2,1H3. The lowest BCUT2D eigenvalue weighted by molar-refractivity contribution is -0.139. The molecular weight excluding hydrogens is 378 g/mol. The van der Waals surface area contributed by atoms with E-state index in [0.717, 1.165) is 18.5 Å². The van der Waals surface area contributed by atoms with E-state index in [9.17, 15) is 9.59 Å². The summed E-state index contributed by atoms with van der Waals surface area (Å²) in [5, 5.41) is 8.77. The van der Waals surface area contributed by atoms with Gasteiger partial charge in [0.05, 0.1) is 18.6 Å². The summed E-state index contributed by atoms with van der Waals surface area (Å²) < 4.78 is 7.22. The molecule has 2 amide bonds. The summed E-state index contributed by atoms with van der Waals surface area (Å²) in [6, 6.07) is 7.61. The van der Waals surface area contributed by atoms with Crippen molar-refractivity contribution in [1.82, 2.24) is 24.6 Å². The molecule has 1 aliphatic heterocycles. The van der Waals surface area contributed by atoms with Crippen molar-refractivity contribution in [3.63, 3.8) is 0 Å². The summed E-state index contributed by atoms with van der Waals surface area (Å²) in [7, 11) is 1.62. The molecule has 2 aliphatic rings. The lowest BCUT2D eigenvalue weighted by atomic mass is 10.2. The SMILES string of the molecule is COc1ccccc1-n1cnnc1SCC(=O)N1CCN(C(=O)C2CC2)CC1. The van der Waals surface area contributed by atoms with Gasteiger partial charge in [0.1, 0.15) is 12.1 Å². The van der Waals surface area contributed by atoms with Crippen molar-refractivity contribution < 1.29 is 14.3 Å². The number of hydrogen-bond acceptors (Lipinski definition) is 6. The van der Waals surface area contributed by atoms with Crippen LogP contribution in [0.25, 0.3) is 5.69 Å². The zero-order chi connectivity index (χ0) is 19.5. The molecule has 1 aliphatic carbocycles. The van der Waals surface area contributed by atoms with Gasteiger partial charge in [-0.2, -0.15) is 0 Å². The molecule has 8 nitrogen and oxygen atoms in total. The van der Waals surface area contributed by atoms with Crippen molar-refractivity contribution in [2.24, 2.45) is 5.92 Å². The maximum absolute atomic E-state index is 12.6. The van der Waals surface area contributed by atoms with E-state index in [4.69, 9.17) is 4.74 Å². The molecule has 2 heterocycles. The van der Waals surface area contributed by atoms with Gasteiger partial charge in [0, 0.05) is 32.1 Å². The minimum Gasteiger partial charge on any atom is -0.495 e. The molecule has 1 aromatic carbocycles. The molecule has 0 spiro atoms. The van der Waals surface area contributed by atoms with Crippen LogP contribution in [0, 0.1) is 5.92 Å². The Kier molecular flexibility index (Phi) is 5.52. The van der Waals surface area contributed by atoms with Crippen LogP contribution in [-0.2, 0) is 9.59 Å². The predicted molar refractivity (Wildman–Crippen MR) is 105 cm³/mol. The second-order valence-corrected chi connectivity index (χ2v) is 7.87. The fourth-order valence-electron chi connectivity index (χ4n) is 3.30. The highest BCUT2D eigenvalue weighted by molar-refractivity contribution is 7.99. The number of hydrogen-bond donors (Lipinski definition) is 0. The lowest BCUT2D eigenvalue weighted by Gasteiger charge is -2.34. The third kappa shape index (κ3) is 3.99. The van der Waals surface area contributed by atoms with Crippen LogP contribution >= 0.6 is 11.8 Å². The van der Waals surface area contributed by atoms with Crippen LogP contribution in [0.3, 0.4) is 0 Å². The molecule has 2 aromatic rings. The summed E-state index contributed by atoms with van der Waals surface area (Å²) in [6.45, 7) is 2.44. The summed E-state index contributed by atoms with van der Waals surface area (Å²) in [4.78, 5) is 28.5. The zero-order valence-electron chi connectivity index (χ0n) is 15.8. The second-order valence-electron chi connectivity index (χ2n) is 6.92. The third-order valence-electron chi connectivity index (χ3n) is 5.06. The Labute approximate surface area is 167 Å². The highest BCUT2D eigenvalue weighted by atomic mass is 32.2. The average Bonchev–Trinajstić information content (AvgIpc) is 3.49. The minimum atomic E-state index is 0.0538. The smallest absolute Gasteiger partial charge is 0.233 e. The second kappa shape index (κ2) is 8.22. The summed E-state index contributed by atoms with van der Waals surface area (Å²) in [5.41, 5.74) is 0.831. The van der Waals surface area contributed by atoms with Crippen LogP contribution in [0.2, 0.25) is 0 Å². The number of piperazine rings is 1.